The Morgan fingerprint density at radius 3 is 3.08 bits per heavy atom. The van der Waals surface area contributed by atoms with Crippen LogP contribution in [0.5, 0.6) is 0 Å². The van der Waals surface area contributed by atoms with Crippen LogP contribution in [0.2, 0.25) is 0 Å². The average Bonchev–Trinajstić information content (AvgIpc) is 2.53. The Morgan fingerprint density at radius 2 is 2.50 bits per heavy atom. The molecule has 4 nitrogen and oxygen atoms in total. The molecule has 0 radical (unpaired) electrons. The van der Waals surface area contributed by atoms with E-state index in [-0.39, 0.29) is 0 Å². The van der Waals surface area contributed by atoms with E-state index in [4.69, 9.17) is 0 Å². The third kappa shape index (κ3) is 3.02. The summed E-state index contributed by atoms with van der Waals surface area (Å²) in [5.74, 6) is 0. The average molecular weight is 168 g/mol. The van der Waals surface area contributed by atoms with Gasteiger partial charge in [-0.15, -0.1) is 0 Å². The molecule has 0 atom stereocenters. The first kappa shape index (κ1) is 9.22. The molecule has 1 rings (SSSR count). The number of aromatic nitrogens is 2. The molecule has 0 unspecified atom stereocenters. The van der Waals surface area contributed by atoms with Gasteiger partial charge in [0.25, 0.3) is 0 Å². The van der Waals surface area contributed by atoms with Crippen LogP contribution in [0, 0.1) is 0 Å². The van der Waals surface area contributed by atoms with Crippen LogP contribution in [0.3, 0.4) is 0 Å². The fourth-order valence-electron chi connectivity index (χ4n) is 1.06. The Labute approximate surface area is 73.0 Å². The van der Waals surface area contributed by atoms with Crippen LogP contribution in [-0.4, -0.2) is 42.3 Å². The minimum absolute atomic E-state index is 0.957. The molecule has 2 N–H and O–H groups in total. The van der Waals surface area contributed by atoms with Crippen molar-refractivity contribution >= 4 is 0 Å². The van der Waals surface area contributed by atoms with Gasteiger partial charge in [-0.2, -0.15) is 5.10 Å². The number of hydrogen-bond donors (Lipinski definition) is 2. The van der Waals surface area contributed by atoms with Crippen LogP contribution < -0.4 is 5.32 Å². The second-order valence-corrected chi connectivity index (χ2v) is 2.95. The van der Waals surface area contributed by atoms with Crippen LogP contribution in [0.1, 0.15) is 5.56 Å². The van der Waals surface area contributed by atoms with Crippen molar-refractivity contribution in [3.05, 3.63) is 18.0 Å². The van der Waals surface area contributed by atoms with Gasteiger partial charge < -0.3 is 10.2 Å². The van der Waals surface area contributed by atoms with Gasteiger partial charge in [0.2, 0.25) is 0 Å². The Kier molecular flexibility index (Phi) is 3.76. The SMILES string of the molecule is CNCCN(C)Cc1cn[nH]c1. The molecule has 1 heterocycles. The Bertz CT molecular complexity index is 195. The second-order valence-electron chi connectivity index (χ2n) is 2.95. The van der Waals surface area contributed by atoms with Crippen molar-refractivity contribution in [3.63, 3.8) is 0 Å². The summed E-state index contributed by atoms with van der Waals surface area (Å²) in [7, 11) is 4.07. The highest BCUT2D eigenvalue weighted by molar-refractivity contribution is 5.01. The highest BCUT2D eigenvalue weighted by Gasteiger charge is 1.99. The smallest absolute Gasteiger partial charge is 0.0532 e. The van der Waals surface area contributed by atoms with Gasteiger partial charge in [-0.05, 0) is 14.1 Å². The molecule has 0 amide bonds. The van der Waals surface area contributed by atoms with Crippen molar-refractivity contribution in [1.29, 1.82) is 0 Å². The van der Waals surface area contributed by atoms with Gasteiger partial charge in [-0.1, -0.05) is 0 Å². The molecule has 0 saturated heterocycles. The maximum Gasteiger partial charge on any atom is 0.0532 e. The van der Waals surface area contributed by atoms with Crippen molar-refractivity contribution in [2.75, 3.05) is 27.2 Å². The molecule has 0 aromatic carbocycles. The lowest BCUT2D eigenvalue weighted by Gasteiger charge is -2.14. The van der Waals surface area contributed by atoms with E-state index in [9.17, 15) is 0 Å². The number of hydrogen-bond acceptors (Lipinski definition) is 3. The predicted molar refractivity (Wildman–Crippen MR) is 48.8 cm³/mol. The lowest BCUT2D eigenvalue weighted by Crippen LogP contribution is -2.26. The molecule has 0 saturated carbocycles. The van der Waals surface area contributed by atoms with E-state index in [1.807, 2.05) is 19.4 Å². The maximum absolute atomic E-state index is 3.89. The van der Waals surface area contributed by atoms with Crippen LogP contribution in [0.15, 0.2) is 12.4 Å². The molecule has 0 fully saturated rings. The van der Waals surface area contributed by atoms with Crippen molar-refractivity contribution in [1.82, 2.24) is 20.4 Å². The molecule has 0 aliphatic rings. The number of likely N-dealkylation sites (N-methyl/N-ethyl adjacent to an activating group) is 2. The zero-order valence-corrected chi connectivity index (χ0v) is 7.67. The Morgan fingerprint density at radius 1 is 1.67 bits per heavy atom. The van der Waals surface area contributed by atoms with Crippen molar-refractivity contribution < 1.29 is 0 Å². The number of nitrogens with one attached hydrogen (secondary N) is 2. The van der Waals surface area contributed by atoms with Gasteiger partial charge in [0.05, 0.1) is 6.20 Å². The monoisotopic (exact) mass is 168 g/mol. The van der Waals surface area contributed by atoms with E-state index in [0.29, 0.717) is 0 Å². The van der Waals surface area contributed by atoms with E-state index < -0.39 is 0 Å². The van der Waals surface area contributed by atoms with E-state index >= 15 is 0 Å². The molecule has 0 aliphatic heterocycles. The molecule has 0 aliphatic carbocycles. The Balaban J connectivity index is 2.22. The summed E-state index contributed by atoms with van der Waals surface area (Å²) in [6.07, 6.45) is 3.78. The molecule has 12 heavy (non-hydrogen) atoms. The van der Waals surface area contributed by atoms with E-state index in [1.54, 1.807) is 0 Å². The number of H-pyrrole nitrogens is 1. The van der Waals surface area contributed by atoms with Crippen LogP contribution in [0.25, 0.3) is 0 Å². The van der Waals surface area contributed by atoms with E-state index in [2.05, 4.69) is 27.5 Å². The van der Waals surface area contributed by atoms with Crippen LogP contribution in [-0.2, 0) is 6.54 Å². The fraction of sp³-hybridized carbons (Fsp3) is 0.625. The fourth-order valence-corrected chi connectivity index (χ4v) is 1.06. The van der Waals surface area contributed by atoms with Gasteiger partial charge in [0, 0.05) is 31.4 Å². The van der Waals surface area contributed by atoms with E-state index in [0.717, 1.165) is 19.6 Å². The number of aromatic amines is 1. The summed E-state index contributed by atoms with van der Waals surface area (Å²) < 4.78 is 0. The van der Waals surface area contributed by atoms with E-state index in [1.165, 1.54) is 5.56 Å². The third-order valence-electron chi connectivity index (χ3n) is 1.75. The second kappa shape index (κ2) is 4.90. The van der Waals surface area contributed by atoms with Gasteiger partial charge in [-0.3, -0.25) is 5.10 Å². The topological polar surface area (TPSA) is 44.0 Å². The zero-order chi connectivity index (χ0) is 8.81. The lowest BCUT2D eigenvalue weighted by molar-refractivity contribution is 0.328. The highest BCUT2D eigenvalue weighted by Crippen LogP contribution is 1.97. The zero-order valence-electron chi connectivity index (χ0n) is 7.67. The van der Waals surface area contributed by atoms with Gasteiger partial charge in [0.1, 0.15) is 0 Å². The van der Waals surface area contributed by atoms with Crippen molar-refractivity contribution in [3.8, 4) is 0 Å². The summed E-state index contributed by atoms with van der Waals surface area (Å²) in [5, 5.41) is 9.80. The third-order valence-corrected chi connectivity index (χ3v) is 1.75. The quantitative estimate of drug-likeness (QED) is 0.653. The first-order chi connectivity index (χ1) is 5.83. The minimum Gasteiger partial charge on any atom is -0.318 e. The molecule has 0 spiro atoms. The summed E-state index contributed by atoms with van der Waals surface area (Å²) >= 11 is 0. The van der Waals surface area contributed by atoms with Gasteiger partial charge in [-0.25, -0.2) is 0 Å². The number of rotatable bonds is 5. The Hall–Kier alpha value is -0.870. The van der Waals surface area contributed by atoms with Crippen molar-refractivity contribution in [2.45, 2.75) is 6.54 Å². The minimum atomic E-state index is 0.957. The van der Waals surface area contributed by atoms with Crippen molar-refractivity contribution in [2.24, 2.45) is 0 Å². The van der Waals surface area contributed by atoms with Crippen LogP contribution >= 0.6 is 0 Å². The predicted octanol–water partition coefficient (Wildman–Crippen LogP) is 0.0609. The molecule has 1 aromatic heterocycles. The maximum atomic E-state index is 3.89. The molecule has 68 valence electrons. The molecule has 4 heteroatoms. The first-order valence-electron chi connectivity index (χ1n) is 4.13. The van der Waals surface area contributed by atoms with Gasteiger partial charge >= 0.3 is 0 Å². The summed E-state index contributed by atoms with van der Waals surface area (Å²) in [4.78, 5) is 2.25. The molecular weight excluding hydrogens is 152 g/mol. The summed E-state index contributed by atoms with van der Waals surface area (Å²) in [5.41, 5.74) is 1.23. The lowest BCUT2D eigenvalue weighted by atomic mass is 10.3. The highest BCUT2D eigenvalue weighted by atomic mass is 15.1. The summed E-state index contributed by atoms with van der Waals surface area (Å²) in [6.45, 7) is 3.04. The summed E-state index contributed by atoms with van der Waals surface area (Å²) in [6, 6.07) is 0. The largest absolute Gasteiger partial charge is 0.318 e. The normalized spacial score (nSPS) is 10.9. The molecule has 0 bridgehead atoms. The molecule has 1 aromatic rings. The number of nitrogens with zero attached hydrogens (tertiary/aromatic N) is 2. The standard InChI is InChI=1S/C8H16N4/c1-9-3-4-12(2)7-8-5-10-11-6-8/h5-6,9H,3-4,7H2,1-2H3,(H,10,11). The van der Waals surface area contributed by atoms with Crippen LogP contribution in [0.4, 0.5) is 0 Å². The molecular formula is C8H16N4. The van der Waals surface area contributed by atoms with Gasteiger partial charge in [0.15, 0.2) is 0 Å². The first-order valence-corrected chi connectivity index (χ1v) is 4.13.